The van der Waals surface area contributed by atoms with Gasteiger partial charge in [0.15, 0.2) is 11.6 Å². The molecule has 0 nitrogen and oxygen atoms in total. The van der Waals surface area contributed by atoms with Crippen molar-refractivity contribution in [1.82, 2.24) is 0 Å². The van der Waals surface area contributed by atoms with Crippen LogP contribution in [0, 0.1) is 35.2 Å². The molecule has 0 N–H and O–H groups in total. The van der Waals surface area contributed by atoms with Crippen molar-refractivity contribution in [1.29, 1.82) is 0 Å². The third-order valence-corrected chi connectivity index (χ3v) is 6.92. The van der Waals surface area contributed by atoms with Crippen LogP contribution in [0.5, 0.6) is 0 Å². The molecule has 2 aliphatic rings. The second-order valence-corrected chi connectivity index (χ2v) is 8.42. The van der Waals surface area contributed by atoms with Gasteiger partial charge in [0.05, 0.1) is 0 Å². The predicted octanol–water partition coefficient (Wildman–Crippen LogP) is 7.09. The molecule has 4 rings (SSSR count). The minimum absolute atomic E-state index is 0.338. The van der Waals surface area contributed by atoms with Gasteiger partial charge in [-0.05, 0) is 90.8 Å². The summed E-state index contributed by atoms with van der Waals surface area (Å²) >= 11 is 0. The zero-order valence-corrected chi connectivity index (χ0v) is 15.9. The molecule has 2 aliphatic carbocycles. The molecule has 0 aromatic heterocycles. The molecule has 27 heavy (non-hydrogen) atoms. The molecule has 2 aromatic rings. The Kier molecular flexibility index (Phi) is 5.29. The second kappa shape index (κ2) is 7.69. The van der Waals surface area contributed by atoms with E-state index in [1.165, 1.54) is 38.2 Å². The van der Waals surface area contributed by atoms with Crippen LogP contribution in [0.4, 0.5) is 13.2 Å². The molecule has 1 atom stereocenters. The summed E-state index contributed by atoms with van der Waals surface area (Å²) in [4.78, 5) is 0. The lowest BCUT2D eigenvalue weighted by atomic mass is 9.69. The number of rotatable bonds is 3. The van der Waals surface area contributed by atoms with E-state index >= 15 is 0 Å². The fourth-order valence-electron chi connectivity index (χ4n) is 5.16. The molecule has 0 spiro atoms. The van der Waals surface area contributed by atoms with E-state index in [9.17, 15) is 13.2 Å². The Bertz CT molecular complexity index is 819. The Morgan fingerprint density at radius 2 is 1.56 bits per heavy atom. The SMILES string of the molecule is CCC1CCC(C2CCc3cc(-c4ccc(F)c(F)c4)c(F)cc3C2)CC1. The van der Waals surface area contributed by atoms with Crippen molar-refractivity contribution in [3.63, 3.8) is 0 Å². The van der Waals surface area contributed by atoms with E-state index in [1.54, 1.807) is 6.07 Å². The Balaban J connectivity index is 1.54. The van der Waals surface area contributed by atoms with E-state index < -0.39 is 11.6 Å². The van der Waals surface area contributed by atoms with Crippen molar-refractivity contribution in [3.05, 3.63) is 58.9 Å². The summed E-state index contributed by atoms with van der Waals surface area (Å²) in [7, 11) is 0. The lowest BCUT2D eigenvalue weighted by Crippen LogP contribution is -2.26. The number of halogens is 3. The monoisotopic (exact) mass is 372 g/mol. The van der Waals surface area contributed by atoms with Gasteiger partial charge in [-0.3, -0.25) is 0 Å². The van der Waals surface area contributed by atoms with Gasteiger partial charge in [0.2, 0.25) is 0 Å². The zero-order chi connectivity index (χ0) is 19.0. The minimum Gasteiger partial charge on any atom is -0.206 e. The number of aryl methyl sites for hydroxylation is 1. The van der Waals surface area contributed by atoms with Crippen LogP contribution in [0.1, 0.15) is 56.6 Å². The maximum atomic E-state index is 14.7. The van der Waals surface area contributed by atoms with Gasteiger partial charge in [-0.25, -0.2) is 13.2 Å². The fraction of sp³-hybridized carbons (Fsp3) is 0.500. The smallest absolute Gasteiger partial charge is 0.159 e. The lowest BCUT2D eigenvalue weighted by Gasteiger charge is -2.36. The molecule has 1 unspecified atom stereocenters. The van der Waals surface area contributed by atoms with Crippen LogP contribution < -0.4 is 0 Å². The van der Waals surface area contributed by atoms with Gasteiger partial charge in [0.1, 0.15) is 5.82 Å². The third kappa shape index (κ3) is 3.79. The molecule has 0 saturated heterocycles. The number of fused-ring (bicyclic) bond motifs is 1. The van der Waals surface area contributed by atoms with Gasteiger partial charge >= 0.3 is 0 Å². The van der Waals surface area contributed by atoms with Crippen LogP contribution >= 0.6 is 0 Å². The molecule has 2 aromatic carbocycles. The molecule has 0 radical (unpaired) electrons. The summed E-state index contributed by atoms with van der Waals surface area (Å²) in [5, 5.41) is 0. The van der Waals surface area contributed by atoms with Crippen LogP contribution in [0.3, 0.4) is 0 Å². The molecule has 0 aliphatic heterocycles. The van der Waals surface area contributed by atoms with Crippen LogP contribution in [-0.2, 0) is 12.8 Å². The standard InChI is InChI=1S/C24H27F3/c1-2-15-3-5-16(6-4-15)17-7-8-18-12-21(23(26)14-20(18)11-17)19-9-10-22(25)24(27)13-19/h9-10,12-17H,2-8,11H2,1H3. The molecule has 0 bridgehead atoms. The van der Waals surface area contributed by atoms with Gasteiger partial charge in [0.25, 0.3) is 0 Å². The van der Waals surface area contributed by atoms with Crippen LogP contribution in [0.15, 0.2) is 30.3 Å². The highest BCUT2D eigenvalue weighted by Crippen LogP contribution is 2.41. The van der Waals surface area contributed by atoms with Gasteiger partial charge in [-0.1, -0.05) is 32.3 Å². The minimum atomic E-state index is -0.938. The highest BCUT2D eigenvalue weighted by molar-refractivity contribution is 5.66. The lowest BCUT2D eigenvalue weighted by molar-refractivity contribution is 0.187. The molecule has 144 valence electrons. The summed E-state index contributed by atoms with van der Waals surface area (Å²) in [6, 6.07) is 7.07. The molecule has 0 amide bonds. The Labute approximate surface area is 159 Å². The van der Waals surface area contributed by atoms with Crippen LogP contribution in [0.2, 0.25) is 0 Å². The molecule has 1 saturated carbocycles. The maximum absolute atomic E-state index is 14.7. The van der Waals surface area contributed by atoms with E-state index in [4.69, 9.17) is 0 Å². The highest BCUT2D eigenvalue weighted by atomic mass is 19.2. The Hall–Kier alpha value is -1.77. The zero-order valence-electron chi connectivity index (χ0n) is 15.9. The van der Waals surface area contributed by atoms with Crippen molar-refractivity contribution in [2.45, 2.75) is 58.3 Å². The van der Waals surface area contributed by atoms with E-state index in [2.05, 4.69) is 6.92 Å². The maximum Gasteiger partial charge on any atom is 0.159 e. The highest BCUT2D eigenvalue weighted by Gasteiger charge is 2.30. The molecular formula is C24H27F3. The number of hydrogen-bond donors (Lipinski definition) is 0. The van der Waals surface area contributed by atoms with E-state index in [0.29, 0.717) is 17.0 Å². The first-order chi connectivity index (χ1) is 13.0. The first kappa shape index (κ1) is 18.6. The van der Waals surface area contributed by atoms with Crippen molar-refractivity contribution in [2.75, 3.05) is 0 Å². The van der Waals surface area contributed by atoms with Gasteiger partial charge < -0.3 is 0 Å². The van der Waals surface area contributed by atoms with Gasteiger partial charge in [-0.2, -0.15) is 0 Å². The normalized spacial score (nSPS) is 25.3. The molecular weight excluding hydrogens is 345 g/mol. The van der Waals surface area contributed by atoms with Crippen molar-refractivity contribution in [2.24, 2.45) is 17.8 Å². The van der Waals surface area contributed by atoms with E-state index in [-0.39, 0.29) is 5.82 Å². The first-order valence-electron chi connectivity index (χ1n) is 10.3. The summed E-state index contributed by atoms with van der Waals surface area (Å²) in [5.41, 5.74) is 3.03. The largest absolute Gasteiger partial charge is 0.206 e. The molecule has 3 heteroatoms. The summed E-state index contributed by atoms with van der Waals surface area (Å²) < 4.78 is 41.5. The fourth-order valence-corrected chi connectivity index (χ4v) is 5.16. The average molecular weight is 372 g/mol. The topological polar surface area (TPSA) is 0 Å². The quantitative estimate of drug-likeness (QED) is 0.539. The van der Waals surface area contributed by atoms with Gasteiger partial charge in [-0.15, -0.1) is 0 Å². The van der Waals surface area contributed by atoms with E-state index in [0.717, 1.165) is 54.4 Å². The van der Waals surface area contributed by atoms with Gasteiger partial charge in [0, 0.05) is 5.56 Å². The number of benzene rings is 2. The summed E-state index contributed by atoms with van der Waals surface area (Å²) in [6.07, 6.45) is 9.65. The van der Waals surface area contributed by atoms with Crippen molar-refractivity contribution < 1.29 is 13.2 Å². The van der Waals surface area contributed by atoms with Crippen molar-refractivity contribution in [3.8, 4) is 11.1 Å². The summed E-state index contributed by atoms with van der Waals surface area (Å²) in [6.45, 7) is 2.29. The Morgan fingerprint density at radius 1 is 0.778 bits per heavy atom. The summed E-state index contributed by atoms with van der Waals surface area (Å²) in [5.74, 6) is 0.146. The Morgan fingerprint density at radius 3 is 2.26 bits per heavy atom. The average Bonchev–Trinajstić information content (AvgIpc) is 2.69. The first-order valence-corrected chi connectivity index (χ1v) is 10.3. The van der Waals surface area contributed by atoms with Crippen LogP contribution in [-0.4, -0.2) is 0 Å². The van der Waals surface area contributed by atoms with Crippen LogP contribution in [0.25, 0.3) is 11.1 Å². The predicted molar refractivity (Wildman–Crippen MR) is 103 cm³/mol. The molecule has 1 fully saturated rings. The second-order valence-electron chi connectivity index (χ2n) is 8.42. The van der Waals surface area contributed by atoms with Crippen molar-refractivity contribution >= 4 is 0 Å². The third-order valence-electron chi connectivity index (χ3n) is 6.92. The van der Waals surface area contributed by atoms with E-state index in [1.807, 2.05) is 6.07 Å². The number of hydrogen-bond acceptors (Lipinski definition) is 0. The molecule has 0 heterocycles.